The molecule has 0 saturated carbocycles. The maximum Gasteiger partial charge on any atom is 0.257 e. The van der Waals surface area contributed by atoms with Crippen molar-refractivity contribution in [2.45, 2.75) is 63.2 Å². The monoisotopic (exact) mass is 447 g/mol. The van der Waals surface area contributed by atoms with Crippen LogP contribution < -0.4 is 5.56 Å². The Bertz CT molecular complexity index is 983. The van der Waals surface area contributed by atoms with Crippen LogP contribution >= 0.6 is 11.8 Å². The fourth-order valence-corrected chi connectivity index (χ4v) is 4.94. The lowest BCUT2D eigenvalue weighted by atomic mass is 10.1. The van der Waals surface area contributed by atoms with Gasteiger partial charge in [-0.2, -0.15) is 0 Å². The van der Waals surface area contributed by atoms with Gasteiger partial charge in [-0.15, -0.1) is 0 Å². The SMILES string of the molecule is CCC(Sc1nc(C)c(Cc2ccc(F)cc2)c(=O)n1C)C(=O)N1CC(C)OC(C)C1. The van der Waals surface area contributed by atoms with E-state index in [1.54, 1.807) is 26.1 Å². The van der Waals surface area contributed by atoms with Gasteiger partial charge in [-0.25, -0.2) is 9.37 Å². The van der Waals surface area contributed by atoms with Gasteiger partial charge >= 0.3 is 0 Å². The first-order valence-electron chi connectivity index (χ1n) is 10.6. The van der Waals surface area contributed by atoms with Crippen molar-refractivity contribution in [3.05, 3.63) is 57.3 Å². The third-order valence-corrected chi connectivity index (χ3v) is 6.86. The Morgan fingerprint density at radius 2 is 1.87 bits per heavy atom. The summed E-state index contributed by atoms with van der Waals surface area (Å²) in [6, 6.07) is 6.12. The van der Waals surface area contributed by atoms with Crippen LogP contribution in [0.2, 0.25) is 0 Å². The molecule has 1 aliphatic rings. The number of hydrogen-bond donors (Lipinski definition) is 0. The molecule has 0 bridgehead atoms. The van der Waals surface area contributed by atoms with Crippen molar-refractivity contribution in [2.24, 2.45) is 7.05 Å². The molecule has 3 unspecified atom stereocenters. The summed E-state index contributed by atoms with van der Waals surface area (Å²) in [6.07, 6.45) is 1.03. The summed E-state index contributed by atoms with van der Waals surface area (Å²) in [5, 5.41) is 0.206. The highest BCUT2D eigenvalue weighted by Gasteiger charge is 2.31. The van der Waals surface area contributed by atoms with Crippen LogP contribution in [0.4, 0.5) is 4.39 Å². The molecule has 31 heavy (non-hydrogen) atoms. The zero-order valence-corrected chi connectivity index (χ0v) is 19.5. The van der Waals surface area contributed by atoms with Crippen LogP contribution in [0.5, 0.6) is 0 Å². The van der Waals surface area contributed by atoms with E-state index in [9.17, 15) is 14.0 Å². The highest BCUT2D eigenvalue weighted by molar-refractivity contribution is 8.00. The summed E-state index contributed by atoms with van der Waals surface area (Å²) >= 11 is 1.34. The molecule has 1 aromatic heterocycles. The standard InChI is InChI=1S/C23H30FN3O3S/c1-6-20(22(29)27-12-14(2)30-15(3)13-27)31-23-25-16(4)19(21(28)26(23)5)11-17-7-9-18(24)10-8-17/h7-10,14-15,20H,6,11-13H2,1-5H3. The van der Waals surface area contributed by atoms with Crippen LogP contribution in [0.15, 0.2) is 34.2 Å². The first kappa shape index (κ1) is 23.5. The van der Waals surface area contributed by atoms with Crippen LogP contribution in [-0.2, 0) is 23.0 Å². The first-order valence-corrected chi connectivity index (χ1v) is 11.5. The number of hydrogen-bond acceptors (Lipinski definition) is 5. The van der Waals surface area contributed by atoms with E-state index in [-0.39, 0.29) is 34.7 Å². The number of benzene rings is 1. The molecule has 8 heteroatoms. The van der Waals surface area contributed by atoms with Gasteiger partial charge in [0.1, 0.15) is 5.82 Å². The number of aryl methyl sites for hydroxylation is 1. The second-order valence-electron chi connectivity index (χ2n) is 8.14. The minimum absolute atomic E-state index is 0.00526. The first-order chi connectivity index (χ1) is 14.7. The normalized spacial score (nSPS) is 20.0. The number of morpholine rings is 1. The van der Waals surface area contributed by atoms with E-state index < -0.39 is 0 Å². The predicted molar refractivity (Wildman–Crippen MR) is 120 cm³/mol. The van der Waals surface area contributed by atoms with Crippen LogP contribution in [0.25, 0.3) is 0 Å². The number of rotatable bonds is 6. The lowest BCUT2D eigenvalue weighted by molar-refractivity contribution is -0.142. The molecule has 0 N–H and O–H groups in total. The third-order valence-electron chi connectivity index (χ3n) is 5.47. The predicted octanol–water partition coefficient (Wildman–Crippen LogP) is 3.33. The Kier molecular flexibility index (Phi) is 7.54. The van der Waals surface area contributed by atoms with Crippen molar-refractivity contribution in [1.82, 2.24) is 14.5 Å². The molecule has 1 aromatic carbocycles. The maximum absolute atomic E-state index is 13.2. The molecule has 0 spiro atoms. The van der Waals surface area contributed by atoms with Crippen molar-refractivity contribution in [3.63, 3.8) is 0 Å². The summed E-state index contributed by atoms with van der Waals surface area (Å²) in [7, 11) is 1.68. The van der Waals surface area contributed by atoms with Gasteiger partial charge in [0.25, 0.3) is 5.56 Å². The summed E-state index contributed by atoms with van der Waals surface area (Å²) in [5.41, 5.74) is 1.91. The quantitative estimate of drug-likeness (QED) is 0.502. The number of amides is 1. The van der Waals surface area contributed by atoms with E-state index in [1.807, 2.05) is 25.7 Å². The molecule has 2 heterocycles. The van der Waals surface area contributed by atoms with Gasteiger partial charge in [-0.3, -0.25) is 14.2 Å². The lowest BCUT2D eigenvalue weighted by Gasteiger charge is -2.36. The van der Waals surface area contributed by atoms with Crippen molar-refractivity contribution in [2.75, 3.05) is 13.1 Å². The van der Waals surface area contributed by atoms with Gasteiger partial charge in [-0.05, 0) is 44.9 Å². The van der Waals surface area contributed by atoms with E-state index in [2.05, 4.69) is 4.98 Å². The lowest BCUT2D eigenvalue weighted by Crippen LogP contribution is -2.50. The fourth-order valence-electron chi connectivity index (χ4n) is 3.84. The molecule has 0 aliphatic carbocycles. The molecule has 168 valence electrons. The summed E-state index contributed by atoms with van der Waals surface area (Å²) in [4.78, 5) is 32.7. The van der Waals surface area contributed by atoms with Crippen molar-refractivity contribution in [1.29, 1.82) is 0 Å². The minimum Gasteiger partial charge on any atom is -0.372 e. The van der Waals surface area contributed by atoms with E-state index in [1.165, 1.54) is 28.5 Å². The zero-order chi connectivity index (χ0) is 22.7. The van der Waals surface area contributed by atoms with E-state index in [0.29, 0.717) is 42.3 Å². The van der Waals surface area contributed by atoms with E-state index in [0.717, 1.165) is 5.56 Å². The molecule has 1 saturated heterocycles. The Balaban J connectivity index is 1.81. The largest absolute Gasteiger partial charge is 0.372 e. The van der Waals surface area contributed by atoms with Gasteiger partial charge in [0, 0.05) is 37.8 Å². The second-order valence-corrected chi connectivity index (χ2v) is 9.31. The van der Waals surface area contributed by atoms with Gasteiger partial charge in [0.05, 0.1) is 17.5 Å². The van der Waals surface area contributed by atoms with Crippen molar-refractivity contribution in [3.8, 4) is 0 Å². The zero-order valence-electron chi connectivity index (χ0n) is 18.7. The number of thioether (sulfide) groups is 1. The number of carbonyl (C=O) groups excluding carboxylic acids is 1. The van der Waals surface area contributed by atoms with E-state index in [4.69, 9.17) is 4.74 Å². The molecule has 0 radical (unpaired) electrons. The average molecular weight is 448 g/mol. The smallest absolute Gasteiger partial charge is 0.257 e. The molecule has 1 fully saturated rings. The number of carbonyl (C=O) groups is 1. The Morgan fingerprint density at radius 3 is 2.45 bits per heavy atom. The average Bonchev–Trinajstić information content (AvgIpc) is 2.73. The second kappa shape index (κ2) is 9.96. The van der Waals surface area contributed by atoms with Gasteiger partial charge in [0.2, 0.25) is 5.91 Å². The molecule has 2 aromatic rings. The third kappa shape index (κ3) is 5.54. The Hall–Kier alpha value is -2.19. The molecule has 6 nitrogen and oxygen atoms in total. The summed E-state index contributed by atoms with van der Waals surface area (Å²) in [5.74, 6) is -0.255. The van der Waals surface area contributed by atoms with Crippen LogP contribution in [-0.4, -0.2) is 50.9 Å². The van der Waals surface area contributed by atoms with Crippen LogP contribution in [0, 0.1) is 12.7 Å². The number of aromatic nitrogens is 2. The Morgan fingerprint density at radius 1 is 1.26 bits per heavy atom. The highest BCUT2D eigenvalue weighted by Crippen LogP contribution is 2.26. The van der Waals surface area contributed by atoms with Gasteiger partial charge in [-0.1, -0.05) is 30.8 Å². The van der Waals surface area contributed by atoms with E-state index >= 15 is 0 Å². The number of nitrogens with zero attached hydrogens (tertiary/aromatic N) is 3. The topological polar surface area (TPSA) is 64.4 Å². The van der Waals surface area contributed by atoms with Gasteiger partial charge in [0.15, 0.2) is 5.16 Å². The minimum atomic E-state index is -0.321. The molecular weight excluding hydrogens is 417 g/mol. The highest BCUT2D eigenvalue weighted by atomic mass is 32.2. The molecule has 3 rings (SSSR count). The maximum atomic E-state index is 13.2. The number of ether oxygens (including phenoxy) is 1. The summed E-state index contributed by atoms with van der Waals surface area (Å²) in [6.45, 7) is 8.86. The molecular formula is C23H30FN3O3S. The van der Waals surface area contributed by atoms with Crippen LogP contribution in [0.3, 0.4) is 0 Å². The Labute approximate surface area is 186 Å². The summed E-state index contributed by atoms with van der Waals surface area (Å²) < 4.78 is 20.4. The number of halogens is 1. The molecule has 1 amide bonds. The van der Waals surface area contributed by atoms with Crippen LogP contribution in [0.1, 0.15) is 44.0 Å². The van der Waals surface area contributed by atoms with Gasteiger partial charge < -0.3 is 9.64 Å². The van der Waals surface area contributed by atoms with Crippen molar-refractivity contribution < 1.29 is 13.9 Å². The fraction of sp³-hybridized carbons (Fsp3) is 0.522. The molecule has 3 atom stereocenters. The molecule has 1 aliphatic heterocycles. The van der Waals surface area contributed by atoms with Crippen molar-refractivity contribution >= 4 is 17.7 Å².